The van der Waals surface area contributed by atoms with E-state index >= 15 is 0 Å². The monoisotopic (exact) mass is 276 g/mol. The molecule has 0 fully saturated rings. The van der Waals surface area contributed by atoms with Crippen LogP contribution in [0.25, 0.3) is 0 Å². The molecule has 0 aromatic heterocycles. The molecule has 0 aliphatic heterocycles. The highest BCUT2D eigenvalue weighted by Crippen LogP contribution is 2.26. The molecule has 0 heterocycles. The number of rotatable bonds is 5. The van der Waals surface area contributed by atoms with Gasteiger partial charge in [0.15, 0.2) is 5.82 Å². The van der Waals surface area contributed by atoms with Crippen LogP contribution in [-0.2, 0) is 4.79 Å². The third kappa shape index (κ3) is 3.84. The van der Waals surface area contributed by atoms with E-state index in [1.807, 2.05) is 6.92 Å². The molecule has 18 heavy (non-hydrogen) atoms. The Kier molecular flexibility index (Phi) is 5.34. The van der Waals surface area contributed by atoms with Gasteiger partial charge in [-0.2, -0.15) is 0 Å². The Bertz CT molecular complexity index is 417. The molecule has 2 N–H and O–H groups in total. The third-order valence-electron chi connectivity index (χ3n) is 2.31. The van der Waals surface area contributed by atoms with E-state index in [-0.39, 0.29) is 16.6 Å². The maximum absolute atomic E-state index is 13.5. The Morgan fingerprint density at radius 1 is 1.44 bits per heavy atom. The molecule has 1 aromatic rings. The van der Waals surface area contributed by atoms with Crippen molar-refractivity contribution >= 4 is 23.2 Å². The van der Waals surface area contributed by atoms with Crippen LogP contribution in [0.15, 0.2) is 12.1 Å². The van der Waals surface area contributed by atoms with Gasteiger partial charge in [-0.25, -0.2) is 8.78 Å². The molecule has 0 spiro atoms. The third-order valence-corrected chi connectivity index (χ3v) is 2.61. The summed E-state index contributed by atoms with van der Waals surface area (Å²) in [5.74, 6) is -1.85. The number of carbonyl (C=O) groups excluding carboxylic acids is 1. The number of halogens is 3. The van der Waals surface area contributed by atoms with Crippen LogP contribution in [0.3, 0.4) is 0 Å². The highest BCUT2D eigenvalue weighted by atomic mass is 35.5. The van der Waals surface area contributed by atoms with E-state index < -0.39 is 17.7 Å². The summed E-state index contributed by atoms with van der Waals surface area (Å²) < 4.78 is 26.3. The summed E-state index contributed by atoms with van der Waals surface area (Å²) in [5.41, 5.74) is -0.0720. The van der Waals surface area contributed by atoms with Crippen molar-refractivity contribution in [1.29, 1.82) is 0 Å². The fourth-order valence-electron chi connectivity index (χ4n) is 1.36. The van der Waals surface area contributed by atoms with Gasteiger partial charge in [0.05, 0.1) is 10.7 Å². The minimum Gasteiger partial charge on any atom is -0.370 e. The van der Waals surface area contributed by atoms with Crippen LogP contribution in [0.5, 0.6) is 0 Å². The van der Waals surface area contributed by atoms with Crippen LogP contribution in [0.2, 0.25) is 5.02 Å². The van der Waals surface area contributed by atoms with Crippen LogP contribution in [0, 0.1) is 11.6 Å². The molecule has 1 amide bonds. The minimum atomic E-state index is -0.824. The van der Waals surface area contributed by atoms with Gasteiger partial charge in [-0.15, -0.1) is 0 Å². The fraction of sp³-hybridized carbons (Fsp3) is 0.417. The first-order chi connectivity index (χ1) is 8.45. The number of nitrogens with one attached hydrogen (secondary N) is 2. The predicted octanol–water partition coefficient (Wildman–Crippen LogP) is 2.94. The maximum Gasteiger partial charge on any atom is 0.242 e. The molecule has 0 saturated heterocycles. The Labute approximate surface area is 110 Å². The molecule has 6 heteroatoms. The first-order valence-electron chi connectivity index (χ1n) is 5.64. The largest absolute Gasteiger partial charge is 0.370 e. The lowest BCUT2D eigenvalue weighted by Crippen LogP contribution is -2.38. The molecule has 1 unspecified atom stereocenters. The Morgan fingerprint density at radius 2 is 2.11 bits per heavy atom. The summed E-state index contributed by atoms with van der Waals surface area (Å²) in [6.07, 6.45) is 0.810. The molecule has 0 aliphatic carbocycles. The van der Waals surface area contributed by atoms with Gasteiger partial charge in [0.2, 0.25) is 5.91 Å². The number of hydrogen-bond acceptors (Lipinski definition) is 2. The zero-order valence-electron chi connectivity index (χ0n) is 10.2. The van der Waals surface area contributed by atoms with Gasteiger partial charge in [0, 0.05) is 12.6 Å². The van der Waals surface area contributed by atoms with E-state index in [1.54, 1.807) is 6.92 Å². The molecule has 0 saturated carbocycles. The highest BCUT2D eigenvalue weighted by Gasteiger charge is 2.16. The average molecular weight is 277 g/mol. The molecular formula is C12H15ClF2N2O. The molecule has 100 valence electrons. The summed E-state index contributed by atoms with van der Waals surface area (Å²) in [6, 6.07) is 1.04. The van der Waals surface area contributed by atoms with Gasteiger partial charge in [0.1, 0.15) is 11.9 Å². The SMILES string of the molecule is CCCNC(=O)C(C)Nc1c(F)cc(F)cc1Cl. The fourth-order valence-corrected chi connectivity index (χ4v) is 1.61. The zero-order chi connectivity index (χ0) is 13.7. The van der Waals surface area contributed by atoms with Crippen LogP contribution >= 0.6 is 11.6 Å². The molecule has 1 aromatic carbocycles. The lowest BCUT2D eigenvalue weighted by molar-refractivity contribution is -0.121. The summed E-state index contributed by atoms with van der Waals surface area (Å²) in [7, 11) is 0. The van der Waals surface area contributed by atoms with Gasteiger partial charge >= 0.3 is 0 Å². The average Bonchev–Trinajstić information content (AvgIpc) is 2.30. The first kappa shape index (κ1) is 14.7. The van der Waals surface area contributed by atoms with Crippen molar-refractivity contribution in [3.05, 3.63) is 28.8 Å². The Morgan fingerprint density at radius 3 is 2.67 bits per heavy atom. The van der Waals surface area contributed by atoms with Gasteiger partial charge in [-0.3, -0.25) is 4.79 Å². The second kappa shape index (κ2) is 6.54. The van der Waals surface area contributed by atoms with E-state index in [0.717, 1.165) is 12.5 Å². The number of anilines is 1. The van der Waals surface area contributed by atoms with E-state index in [1.165, 1.54) is 0 Å². The van der Waals surface area contributed by atoms with Crippen LogP contribution in [0.1, 0.15) is 20.3 Å². The molecule has 1 atom stereocenters. The van der Waals surface area contributed by atoms with Gasteiger partial charge in [0.25, 0.3) is 0 Å². The van der Waals surface area contributed by atoms with Crippen LogP contribution < -0.4 is 10.6 Å². The zero-order valence-corrected chi connectivity index (χ0v) is 10.9. The Hall–Kier alpha value is -1.36. The van der Waals surface area contributed by atoms with Crippen LogP contribution in [-0.4, -0.2) is 18.5 Å². The summed E-state index contributed by atoms with van der Waals surface area (Å²) in [5, 5.41) is 5.20. The van der Waals surface area contributed by atoms with Crippen molar-refractivity contribution in [3.8, 4) is 0 Å². The molecule has 0 bridgehead atoms. The van der Waals surface area contributed by atoms with Crippen LogP contribution in [0.4, 0.5) is 14.5 Å². The van der Waals surface area contributed by atoms with E-state index in [2.05, 4.69) is 10.6 Å². The minimum absolute atomic E-state index is 0.0720. The molecule has 0 aliphatic rings. The molecule has 0 radical (unpaired) electrons. The predicted molar refractivity (Wildman–Crippen MR) is 67.8 cm³/mol. The standard InChI is InChI=1S/C12H15ClF2N2O/c1-3-4-16-12(18)7(2)17-11-9(13)5-8(14)6-10(11)15/h5-7,17H,3-4H2,1-2H3,(H,16,18). The second-order valence-corrected chi connectivity index (χ2v) is 4.31. The molecule has 1 rings (SSSR count). The number of carbonyl (C=O) groups is 1. The number of benzene rings is 1. The normalized spacial score (nSPS) is 12.1. The van der Waals surface area contributed by atoms with Gasteiger partial charge < -0.3 is 10.6 Å². The van der Waals surface area contributed by atoms with Crippen molar-refractivity contribution in [2.24, 2.45) is 0 Å². The van der Waals surface area contributed by atoms with E-state index in [4.69, 9.17) is 11.6 Å². The van der Waals surface area contributed by atoms with Gasteiger partial charge in [-0.05, 0) is 19.4 Å². The van der Waals surface area contributed by atoms with Crippen molar-refractivity contribution in [3.63, 3.8) is 0 Å². The topological polar surface area (TPSA) is 41.1 Å². The van der Waals surface area contributed by atoms with Crippen molar-refractivity contribution in [2.45, 2.75) is 26.3 Å². The lowest BCUT2D eigenvalue weighted by Gasteiger charge is -2.16. The van der Waals surface area contributed by atoms with Gasteiger partial charge in [-0.1, -0.05) is 18.5 Å². The lowest BCUT2D eigenvalue weighted by atomic mass is 10.2. The van der Waals surface area contributed by atoms with E-state index in [0.29, 0.717) is 12.6 Å². The van der Waals surface area contributed by atoms with Crippen molar-refractivity contribution in [2.75, 3.05) is 11.9 Å². The first-order valence-corrected chi connectivity index (χ1v) is 6.02. The highest BCUT2D eigenvalue weighted by molar-refractivity contribution is 6.33. The Balaban J connectivity index is 2.75. The second-order valence-electron chi connectivity index (χ2n) is 3.90. The molecular weight excluding hydrogens is 262 g/mol. The van der Waals surface area contributed by atoms with Crippen molar-refractivity contribution < 1.29 is 13.6 Å². The summed E-state index contributed by atoms with van der Waals surface area (Å²) in [4.78, 5) is 11.6. The summed E-state index contributed by atoms with van der Waals surface area (Å²) >= 11 is 5.71. The number of amides is 1. The maximum atomic E-state index is 13.5. The summed E-state index contributed by atoms with van der Waals surface area (Å²) in [6.45, 7) is 4.05. The van der Waals surface area contributed by atoms with E-state index in [9.17, 15) is 13.6 Å². The molecule has 3 nitrogen and oxygen atoms in total. The van der Waals surface area contributed by atoms with Crippen molar-refractivity contribution in [1.82, 2.24) is 5.32 Å². The smallest absolute Gasteiger partial charge is 0.242 e. The quantitative estimate of drug-likeness (QED) is 0.868. The number of hydrogen-bond donors (Lipinski definition) is 2.